The number of halogens is 3. The first-order valence-corrected chi connectivity index (χ1v) is 16.6. The van der Waals surface area contributed by atoms with E-state index in [1.165, 1.54) is 0 Å². The van der Waals surface area contributed by atoms with E-state index in [1.54, 1.807) is 12.1 Å². The second kappa shape index (κ2) is 14.5. The van der Waals surface area contributed by atoms with Crippen molar-refractivity contribution in [3.8, 4) is 0 Å². The number of aliphatic hydroxyl groups is 2. The van der Waals surface area contributed by atoms with Crippen LogP contribution in [0.3, 0.4) is 0 Å². The topological polar surface area (TPSA) is 64.0 Å². The van der Waals surface area contributed by atoms with Gasteiger partial charge in [-0.15, -0.1) is 12.4 Å². The Morgan fingerprint density at radius 1 is 0.630 bits per heavy atom. The summed E-state index contributed by atoms with van der Waals surface area (Å²) < 4.78 is 0. The quantitative estimate of drug-likeness (QED) is 0.202. The van der Waals surface area contributed by atoms with Crippen LogP contribution < -0.4 is 0 Å². The molecule has 8 heteroatoms. The number of carbonyl (C=O) groups excluding carboxylic acids is 1. The van der Waals surface area contributed by atoms with Crippen LogP contribution in [0.25, 0.3) is 0 Å². The van der Waals surface area contributed by atoms with E-state index in [4.69, 9.17) is 23.2 Å². The molecule has 6 rings (SSSR count). The van der Waals surface area contributed by atoms with Crippen molar-refractivity contribution in [2.75, 3.05) is 32.7 Å². The molecule has 2 aliphatic heterocycles. The van der Waals surface area contributed by atoms with Crippen LogP contribution in [-0.4, -0.2) is 58.6 Å². The fourth-order valence-corrected chi connectivity index (χ4v) is 7.43. The molecule has 0 bridgehead atoms. The van der Waals surface area contributed by atoms with Crippen LogP contribution in [0.15, 0.2) is 109 Å². The van der Waals surface area contributed by atoms with E-state index >= 15 is 0 Å². The molecule has 2 heterocycles. The van der Waals surface area contributed by atoms with Crippen LogP contribution >= 0.6 is 35.6 Å². The number of hydrogen-bond acceptors (Lipinski definition) is 4. The summed E-state index contributed by atoms with van der Waals surface area (Å²) in [6, 6.07) is 35.1. The number of amides is 1. The molecular weight excluding hydrogens is 639 g/mol. The van der Waals surface area contributed by atoms with Crippen molar-refractivity contribution in [2.45, 2.75) is 48.7 Å². The molecular formula is C38H41Cl3N2O3. The van der Waals surface area contributed by atoms with Crippen LogP contribution in [0.2, 0.25) is 10.0 Å². The van der Waals surface area contributed by atoms with Gasteiger partial charge in [-0.1, -0.05) is 108 Å². The first kappa shape index (κ1) is 34.4. The van der Waals surface area contributed by atoms with E-state index in [0.717, 1.165) is 35.3 Å². The SMILES string of the molecule is Cl.O=C(N1CCC(O)(c2ccc(Cl)cc2)CC1)C(CCN1CCC(O)(c2ccc(Cl)cc2)CC1)(c1ccccc1)c1ccccc1. The molecule has 4 aromatic carbocycles. The third-order valence-electron chi connectivity index (χ3n) is 10.0. The van der Waals surface area contributed by atoms with Crippen molar-refractivity contribution in [1.29, 1.82) is 0 Å². The molecule has 0 aromatic heterocycles. The van der Waals surface area contributed by atoms with Gasteiger partial charge in [0.25, 0.3) is 0 Å². The maximum Gasteiger partial charge on any atom is 0.237 e. The van der Waals surface area contributed by atoms with Gasteiger partial charge in [0.2, 0.25) is 5.91 Å². The standard InChI is InChI=1S/C38H40Cl2N2O3.ClH/c39-33-15-11-29(12-16-33)36(44)19-24-41(25-20-36)26-23-38(31-7-3-1-4-8-31,32-9-5-2-6-10-32)35(43)42-27-21-37(45,22-28-42)30-13-17-34(40)18-14-30;/h1-18,44-45H,19-28H2;1H. The second-order valence-corrected chi connectivity index (χ2v) is 13.5. The highest BCUT2D eigenvalue weighted by Crippen LogP contribution is 2.42. The molecule has 2 aliphatic rings. The number of likely N-dealkylation sites (tertiary alicyclic amines) is 2. The molecule has 0 atom stereocenters. The fraction of sp³-hybridized carbons (Fsp3) is 0.342. The van der Waals surface area contributed by atoms with Crippen LogP contribution in [0.5, 0.6) is 0 Å². The summed E-state index contributed by atoms with van der Waals surface area (Å²) in [5.41, 5.74) is 0.874. The van der Waals surface area contributed by atoms with Crippen LogP contribution in [0, 0.1) is 0 Å². The summed E-state index contributed by atoms with van der Waals surface area (Å²) in [6.07, 6.45) is 2.73. The van der Waals surface area contributed by atoms with E-state index in [0.29, 0.717) is 61.8 Å². The van der Waals surface area contributed by atoms with Crippen LogP contribution in [0.4, 0.5) is 0 Å². The summed E-state index contributed by atoms with van der Waals surface area (Å²) in [5.74, 6) is 0.0627. The summed E-state index contributed by atoms with van der Waals surface area (Å²) >= 11 is 12.2. The molecule has 46 heavy (non-hydrogen) atoms. The summed E-state index contributed by atoms with van der Waals surface area (Å²) in [5, 5.41) is 24.3. The maximum atomic E-state index is 15.0. The Balaban J connectivity index is 0.00000417. The number of hydrogen-bond donors (Lipinski definition) is 2. The lowest BCUT2D eigenvalue weighted by molar-refractivity contribution is -0.141. The van der Waals surface area contributed by atoms with E-state index < -0.39 is 16.6 Å². The zero-order chi connectivity index (χ0) is 31.5. The van der Waals surface area contributed by atoms with Gasteiger partial charge in [-0.25, -0.2) is 0 Å². The number of piperidine rings is 2. The molecule has 4 aromatic rings. The molecule has 242 valence electrons. The minimum atomic E-state index is -1.00. The van der Waals surface area contributed by atoms with Gasteiger partial charge in [0.1, 0.15) is 5.41 Å². The molecule has 0 spiro atoms. The van der Waals surface area contributed by atoms with Gasteiger partial charge in [0, 0.05) is 36.2 Å². The molecule has 2 saturated heterocycles. The Hall–Kier alpha value is -2.90. The van der Waals surface area contributed by atoms with Crippen molar-refractivity contribution in [3.63, 3.8) is 0 Å². The lowest BCUT2D eigenvalue weighted by atomic mass is 9.70. The lowest BCUT2D eigenvalue weighted by Gasteiger charge is -2.45. The van der Waals surface area contributed by atoms with Gasteiger partial charge in [0.05, 0.1) is 11.2 Å². The number of benzene rings is 4. The second-order valence-electron chi connectivity index (χ2n) is 12.6. The van der Waals surface area contributed by atoms with Crippen LogP contribution in [-0.2, 0) is 21.4 Å². The molecule has 0 unspecified atom stereocenters. The van der Waals surface area contributed by atoms with E-state index in [1.807, 2.05) is 77.7 Å². The summed E-state index contributed by atoms with van der Waals surface area (Å²) in [6.45, 7) is 3.07. The van der Waals surface area contributed by atoms with Gasteiger partial charge in [-0.2, -0.15) is 0 Å². The predicted molar refractivity (Wildman–Crippen MR) is 188 cm³/mol. The average molecular weight is 680 g/mol. The minimum absolute atomic E-state index is 0. The van der Waals surface area contributed by atoms with Gasteiger partial charge in [0.15, 0.2) is 0 Å². The Morgan fingerprint density at radius 2 is 1.02 bits per heavy atom. The minimum Gasteiger partial charge on any atom is -0.385 e. The molecule has 5 nitrogen and oxygen atoms in total. The van der Waals surface area contributed by atoms with Crippen molar-refractivity contribution >= 4 is 41.5 Å². The van der Waals surface area contributed by atoms with Gasteiger partial charge in [-0.3, -0.25) is 4.79 Å². The van der Waals surface area contributed by atoms with Crippen LogP contribution in [0.1, 0.15) is 54.4 Å². The Labute approximate surface area is 288 Å². The Kier molecular flexibility index (Phi) is 10.8. The maximum absolute atomic E-state index is 15.0. The largest absolute Gasteiger partial charge is 0.385 e. The third kappa shape index (κ3) is 7.01. The average Bonchev–Trinajstić information content (AvgIpc) is 3.07. The molecule has 2 N–H and O–H groups in total. The first-order valence-electron chi connectivity index (χ1n) is 15.8. The summed E-state index contributed by atoms with van der Waals surface area (Å²) in [7, 11) is 0. The highest BCUT2D eigenvalue weighted by atomic mass is 35.5. The monoisotopic (exact) mass is 678 g/mol. The molecule has 0 aliphatic carbocycles. The predicted octanol–water partition coefficient (Wildman–Crippen LogP) is 7.59. The molecule has 2 fully saturated rings. The zero-order valence-corrected chi connectivity index (χ0v) is 28.2. The summed E-state index contributed by atoms with van der Waals surface area (Å²) in [4.78, 5) is 19.3. The van der Waals surface area contributed by atoms with E-state index in [2.05, 4.69) is 29.2 Å². The van der Waals surface area contributed by atoms with Crippen molar-refractivity contribution in [1.82, 2.24) is 9.80 Å². The van der Waals surface area contributed by atoms with Crippen molar-refractivity contribution in [2.24, 2.45) is 0 Å². The van der Waals surface area contributed by atoms with E-state index in [9.17, 15) is 15.0 Å². The molecule has 0 radical (unpaired) electrons. The first-order chi connectivity index (χ1) is 21.7. The normalized spacial score (nSPS) is 18.0. The van der Waals surface area contributed by atoms with Gasteiger partial charge in [-0.05, 0) is 85.2 Å². The Morgan fingerprint density at radius 3 is 1.43 bits per heavy atom. The van der Waals surface area contributed by atoms with Crippen molar-refractivity contribution in [3.05, 3.63) is 141 Å². The van der Waals surface area contributed by atoms with Gasteiger partial charge < -0.3 is 20.0 Å². The van der Waals surface area contributed by atoms with Gasteiger partial charge >= 0.3 is 0 Å². The molecule has 0 saturated carbocycles. The third-order valence-corrected chi connectivity index (χ3v) is 10.5. The highest BCUT2D eigenvalue weighted by molar-refractivity contribution is 6.30. The number of nitrogens with zero attached hydrogens (tertiary/aromatic N) is 2. The highest BCUT2D eigenvalue weighted by Gasteiger charge is 2.47. The number of carbonyl (C=O) groups is 1. The lowest BCUT2D eigenvalue weighted by Crippen LogP contribution is -2.54. The van der Waals surface area contributed by atoms with Crippen molar-refractivity contribution < 1.29 is 15.0 Å². The number of rotatable bonds is 8. The molecule has 1 amide bonds. The zero-order valence-electron chi connectivity index (χ0n) is 25.8. The fourth-order valence-electron chi connectivity index (χ4n) is 7.17. The Bertz CT molecular complexity index is 1530. The van der Waals surface area contributed by atoms with E-state index in [-0.39, 0.29) is 18.3 Å². The smallest absolute Gasteiger partial charge is 0.237 e.